The number of nitrogens with zero attached hydrogens (tertiary/aromatic N) is 2. The van der Waals surface area contributed by atoms with Crippen LogP contribution < -0.4 is 10.6 Å². The van der Waals surface area contributed by atoms with Crippen molar-refractivity contribution in [3.63, 3.8) is 0 Å². The molecule has 0 amide bonds. The normalized spacial score (nSPS) is 27.9. The van der Waals surface area contributed by atoms with Crippen LogP contribution in [-0.4, -0.2) is 17.6 Å². The number of aryl methyl sites for hydroxylation is 1. The van der Waals surface area contributed by atoms with Gasteiger partial charge in [-0.3, -0.25) is 0 Å². The van der Waals surface area contributed by atoms with Crippen LogP contribution in [0.3, 0.4) is 0 Å². The standard InChI is InChI=1S/C15H23N3/c1-11-8-9-13(16)15(17-11)18-10-4-6-12-5-2-3-7-14(12)18/h8-9,12,14H,2-7,10,16H2,1H3. The number of aromatic nitrogens is 1. The third-order valence-electron chi connectivity index (χ3n) is 4.56. The van der Waals surface area contributed by atoms with E-state index in [-0.39, 0.29) is 0 Å². The lowest BCUT2D eigenvalue weighted by molar-refractivity contribution is 0.243. The Bertz CT molecular complexity index is 428. The van der Waals surface area contributed by atoms with E-state index in [1.165, 1.54) is 38.5 Å². The maximum absolute atomic E-state index is 6.14. The van der Waals surface area contributed by atoms with Crippen LogP contribution in [0.2, 0.25) is 0 Å². The minimum Gasteiger partial charge on any atom is -0.396 e. The quantitative estimate of drug-likeness (QED) is 0.826. The van der Waals surface area contributed by atoms with E-state index in [0.717, 1.165) is 29.7 Å². The highest BCUT2D eigenvalue weighted by molar-refractivity contribution is 5.63. The first kappa shape index (κ1) is 11.8. The molecule has 2 unspecified atom stereocenters. The summed E-state index contributed by atoms with van der Waals surface area (Å²) in [4.78, 5) is 7.18. The molecule has 1 saturated heterocycles. The van der Waals surface area contributed by atoms with Crippen LogP contribution in [0.4, 0.5) is 11.5 Å². The van der Waals surface area contributed by atoms with Crippen molar-refractivity contribution < 1.29 is 0 Å². The Hall–Kier alpha value is -1.25. The van der Waals surface area contributed by atoms with Crippen LogP contribution in [0, 0.1) is 12.8 Å². The summed E-state index contributed by atoms with van der Waals surface area (Å²) in [6, 6.07) is 4.69. The Morgan fingerprint density at radius 3 is 2.83 bits per heavy atom. The Morgan fingerprint density at radius 1 is 1.17 bits per heavy atom. The molecule has 3 heteroatoms. The summed E-state index contributed by atoms with van der Waals surface area (Å²) in [7, 11) is 0. The van der Waals surface area contributed by atoms with Gasteiger partial charge in [-0.05, 0) is 50.7 Å². The molecule has 0 aromatic carbocycles. The SMILES string of the molecule is Cc1ccc(N)c(N2CCCC3CCCCC32)n1. The van der Waals surface area contributed by atoms with Crippen molar-refractivity contribution in [1.82, 2.24) is 4.98 Å². The summed E-state index contributed by atoms with van der Waals surface area (Å²) in [6.45, 7) is 3.17. The number of anilines is 2. The summed E-state index contributed by atoms with van der Waals surface area (Å²) in [6.07, 6.45) is 8.17. The fourth-order valence-corrected chi connectivity index (χ4v) is 3.67. The molecule has 3 rings (SSSR count). The molecule has 0 radical (unpaired) electrons. The molecule has 2 N–H and O–H groups in total. The molecule has 1 aliphatic heterocycles. The highest BCUT2D eigenvalue weighted by atomic mass is 15.2. The van der Waals surface area contributed by atoms with Gasteiger partial charge in [0.2, 0.25) is 0 Å². The van der Waals surface area contributed by atoms with E-state index in [1.807, 2.05) is 19.1 Å². The van der Waals surface area contributed by atoms with Crippen LogP contribution in [0.5, 0.6) is 0 Å². The first-order valence-corrected chi connectivity index (χ1v) is 7.25. The fourth-order valence-electron chi connectivity index (χ4n) is 3.67. The lowest BCUT2D eigenvalue weighted by Gasteiger charge is -2.45. The molecule has 3 nitrogen and oxygen atoms in total. The zero-order valence-electron chi connectivity index (χ0n) is 11.2. The van der Waals surface area contributed by atoms with Crippen molar-refractivity contribution in [2.45, 2.75) is 51.5 Å². The van der Waals surface area contributed by atoms with Crippen LogP contribution in [-0.2, 0) is 0 Å². The first-order valence-electron chi connectivity index (χ1n) is 7.25. The third kappa shape index (κ3) is 2.06. The molecule has 1 aromatic rings. The highest BCUT2D eigenvalue weighted by Crippen LogP contribution is 2.38. The lowest BCUT2D eigenvalue weighted by atomic mass is 9.78. The second-order valence-corrected chi connectivity index (χ2v) is 5.81. The smallest absolute Gasteiger partial charge is 0.152 e. The third-order valence-corrected chi connectivity index (χ3v) is 4.56. The summed E-state index contributed by atoms with van der Waals surface area (Å²) in [5.74, 6) is 1.90. The molecular formula is C15H23N3. The van der Waals surface area contributed by atoms with E-state index in [4.69, 9.17) is 5.73 Å². The van der Waals surface area contributed by atoms with Crippen molar-refractivity contribution in [2.75, 3.05) is 17.2 Å². The van der Waals surface area contributed by atoms with Gasteiger partial charge in [-0.15, -0.1) is 0 Å². The summed E-state index contributed by atoms with van der Waals surface area (Å²) < 4.78 is 0. The average molecular weight is 245 g/mol. The summed E-state index contributed by atoms with van der Waals surface area (Å²) in [5, 5.41) is 0. The Balaban J connectivity index is 1.91. The van der Waals surface area contributed by atoms with Gasteiger partial charge in [0.05, 0.1) is 5.69 Å². The number of hydrogen-bond acceptors (Lipinski definition) is 3. The summed E-state index contributed by atoms with van der Waals surface area (Å²) in [5.41, 5.74) is 8.04. The molecule has 2 fully saturated rings. The van der Waals surface area contributed by atoms with Gasteiger partial charge in [0.1, 0.15) is 0 Å². The van der Waals surface area contributed by atoms with Gasteiger partial charge < -0.3 is 10.6 Å². The van der Waals surface area contributed by atoms with E-state index < -0.39 is 0 Å². The fraction of sp³-hybridized carbons (Fsp3) is 0.667. The minimum atomic E-state index is 0.684. The number of hydrogen-bond donors (Lipinski definition) is 1. The molecular weight excluding hydrogens is 222 g/mol. The molecule has 2 heterocycles. The number of nitrogens with two attached hydrogens (primary N) is 1. The molecule has 2 atom stereocenters. The zero-order valence-corrected chi connectivity index (χ0v) is 11.2. The lowest BCUT2D eigenvalue weighted by Crippen LogP contribution is -2.47. The highest BCUT2D eigenvalue weighted by Gasteiger charge is 2.34. The number of pyridine rings is 1. The molecule has 0 bridgehead atoms. The number of fused-ring (bicyclic) bond motifs is 1. The van der Waals surface area contributed by atoms with Crippen molar-refractivity contribution >= 4 is 11.5 Å². The van der Waals surface area contributed by atoms with Crippen molar-refractivity contribution in [3.05, 3.63) is 17.8 Å². The number of piperidine rings is 1. The molecule has 98 valence electrons. The van der Waals surface area contributed by atoms with Crippen LogP contribution in [0.1, 0.15) is 44.2 Å². The van der Waals surface area contributed by atoms with E-state index in [1.54, 1.807) is 0 Å². The zero-order chi connectivity index (χ0) is 12.5. The van der Waals surface area contributed by atoms with Gasteiger partial charge in [-0.25, -0.2) is 4.98 Å². The van der Waals surface area contributed by atoms with Crippen LogP contribution >= 0.6 is 0 Å². The second kappa shape index (κ2) is 4.79. The predicted octanol–water partition coefficient (Wildman–Crippen LogP) is 3.13. The molecule has 1 aliphatic carbocycles. The maximum Gasteiger partial charge on any atom is 0.152 e. The Labute approximate surface area is 109 Å². The van der Waals surface area contributed by atoms with Gasteiger partial charge >= 0.3 is 0 Å². The van der Waals surface area contributed by atoms with Crippen molar-refractivity contribution in [1.29, 1.82) is 0 Å². The van der Waals surface area contributed by atoms with E-state index >= 15 is 0 Å². The average Bonchev–Trinajstić information content (AvgIpc) is 2.41. The van der Waals surface area contributed by atoms with Gasteiger partial charge in [-0.1, -0.05) is 12.8 Å². The van der Waals surface area contributed by atoms with Crippen molar-refractivity contribution in [2.24, 2.45) is 5.92 Å². The maximum atomic E-state index is 6.14. The monoisotopic (exact) mass is 245 g/mol. The largest absolute Gasteiger partial charge is 0.396 e. The van der Waals surface area contributed by atoms with E-state index in [2.05, 4.69) is 9.88 Å². The van der Waals surface area contributed by atoms with Crippen LogP contribution in [0.15, 0.2) is 12.1 Å². The molecule has 1 aromatic heterocycles. The predicted molar refractivity (Wildman–Crippen MR) is 75.7 cm³/mol. The number of nitrogen functional groups attached to an aromatic ring is 1. The molecule has 2 aliphatic rings. The number of rotatable bonds is 1. The van der Waals surface area contributed by atoms with Crippen LogP contribution in [0.25, 0.3) is 0 Å². The first-order chi connectivity index (χ1) is 8.75. The van der Waals surface area contributed by atoms with E-state index in [0.29, 0.717) is 6.04 Å². The van der Waals surface area contributed by atoms with Gasteiger partial charge in [0, 0.05) is 18.3 Å². The van der Waals surface area contributed by atoms with Gasteiger partial charge in [-0.2, -0.15) is 0 Å². The molecule has 1 saturated carbocycles. The molecule has 0 spiro atoms. The molecule has 18 heavy (non-hydrogen) atoms. The summed E-state index contributed by atoms with van der Waals surface area (Å²) >= 11 is 0. The topological polar surface area (TPSA) is 42.1 Å². The Morgan fingerprint density at radius 2 is 1.94 bits per heavy atom. The van der Waals surface area contributed by atoms with Gasteiger partial charge in [0.25, 0.3) is 0 Å². The van der Waals surface area contributed by atoms with E-state index in [9.17, 15) is 0 Å². The minimum absolute atomic E-state index is 0.684. The van der Waals surface area contributed by atoms with Crippen molar-refractivity contribution in [3.8, 4) is 0 Å². The Kier molecular flexibility index (Phi) is 3.14. The van der Waals surface area contributed by atoms with Gasteiger partial charge in [0.15, 0.2) is 5.82 Å². The second-order valence-electron chi connectivity index (χ2n) is 5.81.